The van der Waals surface area contributed by atoms with Crippen LogP contribution in [0.4, 0.5) is 0 Å². The van der Waals surface area contributed by atoms with Crippen LogP contribution >= 0.6 is 11.6 Å². The molecule has 1 amide bonds. The molecule has 2 aromatic heterocycles. The van der Waals surface area contributed by atoms with Crippen molar-refractivity contribution in [1.82, 2.24) is 30.5 Å². The molecular weight excluding hydrogens is 256 g/mol. The number of aryl methyl sites for hydroxylation is 1. The lowest BCUT2D eigenvalue weighted by Crippen LogP contribution is -2.29. The van der Waals surface area contributed by atoms with E-state index >= 15 is 0 Å². The number of rotatable bonds is 4. The Hall–Kier alpha value is -1.89. The molecule has 0 aromatic carbocycles. The summed E-state index contributed by atoms with van der Waals surface area (Å²) in [5, 5.41) is 16.7. The third kappa shape index (κ3) is 2.51. The van der Waals surface area contributed by atoms with Crippen molar-refractivity contribution in [2.45, 2.75) is 26.4 Å². The van der Waals surface area contributed by atoms with Crippen LogP contribution < -0.4 is 5.32 Å². The molecule has 7 nitrogen and oxygen atoms in total. The lowest BCUT2D eigenvalue weighted by atomic mass is 10.3. The van der Waals surface area contributed by atoms with Crippen LogP contribution in [0.1, 0.15) is 36.2 Å². The maximum Gasteiger partial charge on any atom is 0.268 e. The minimum absolute atomic E-state index is 0.221. The summed E-state index contributed by atoms with van der Waals surface area (Å²) in [6.07, 6.45) is 1.72. The molecule has 0 saturated heterocycles. The van der Waals surface area contributed by atoms with Gasteiger partial charge in [0.1, 0.15) is 5.69 Å². The highest BCUT2D eigenvalue weighted by Crippen LogP contribution is 2.15. The van der Waals surface area contributed by atoms with Gasteiger partial charge in [-0.15, -0.1) is 10.2 Å². The molecule has 0 aliphatic carbocycles. The Labute approximate surface area is 109 Å². The van der Waals surface area contributed by atoms with Gasteiger partial charge in [-0.1, -0.05) is 16.8 Å². The fourth-order valence-electron chi connectivity index (χ4n) is 1.61. The van der Waals surface area contributed by atoms with Crippen LogP contribution in [0.25, 0.3) is 0 Å². The number of aromatic nitrogens is 5. The zero-order valence-corrected chi connectivity index (χ0v) is 10.8. The molecule has 0 fully saturated rings. The van der Waals surface area contributed by atoms with Gasteiger partial charge in [-0.2, -0.15) is 5.21 Å². The molecule has 2 heterocycles. The summed E-state index contributed by atoms with van der Waals surface area (Å²) in [7, 11) is 0. The summed E-state index contributed by atoms with van der Waals surface area (Å²) in [5.74, 6) is 0.213. The summed E-state index contributed by atoms with van der Waals surface area (Å²) in [6.45, 7) is 4.39. The van der Waals surface area contributed by atoms with Gasteiger partial charge in [0, 0.05) is 12.7 Å². The first-order valence-electron chi connectivity index (χ1n) is 5.51. The van der Waals surface area contributed by atoms with Crippen LogP contribution in [-0.4, -0.2) is 31.1 Å². The highest BCUT2D eigenvalue weighted by molar-refractivity contribution is 6.31. The zero-order valence-electron chi connectivity index (χ0n) is 10.0. The minimum atomic E-state index is -0.324. The van der Waals surface area contributed by atoms with Crippen molar-refractivity contribution < 1.29 is 4.79 Å². The van der Waals surface area contributed by atoms with Crippen LogP contribution in [0.2, 0.25) is 5.02 Å². The molecule has 1 unspecified atom stereocenters. The second-order valence-corrected chi connectivity index (χ2v) is 4.23. The summed E-state index contributed by atoms with van der Waals surface area (Å²) >= 11 is 5.88. The number of tetrazole rings is 1. The van der Waals surface area contributed by atoms with Gasteiger partial charge in [0.15, 0.2) is 5.82 Å². The van der Waals surface area contributed by atoms with E-state index < -0.39 is 0 Å². The SMILES string of the molecule is CCn1cc(Cl)cc1C(=O)NC(C)c1nn[nH]n1. The number of halogens is 1. The van der Waals surface area contributed by atoms with E-state index in [4.69, 9.17) is 11.6 Å². The van der Waals surface area contributed by atoms with E-state index in [1.165, 1.54) is 0 Å². The number of carbonyl (C=O) groups excluding carboxylic acids is 1. The van der Waals surface area contributed by atoms with Crippen molar-refractivity contribution in [3.8, 4) is 0 Å². The Morgan fingerprint density at radius 2 is 2.44 bits per heavy atom. The average Bonchev–Trinajstić information content (AvgIpc) is 2.96. The number of H-pyrrole nitrogens is 1. The maximum atomic E-state index is 12.1. The molecule has 0 saturated carbocycles. The van der Waals surface area contributed by atoms with Gasteiger partial charge in [0.2, 0.25) is 0 Å². The topological polar surface area (TPSA) is 88.5 Å². The number of carbonyl (C=O) groups is 1. The largest absolute Gasteiger partial charge is 0.342 e. The van der Waals surface area contributed by atoms with Gasteiger partial charge in [-0.05, 0) is 19.9 Å². The Balaban J connectivity index is 2.12. The van der Waals surface area contributed by atoms with Crippen LogP contribution in [0.5, 0.6) is 0 Å². The predicted octanol–water partition coefficient (Wildman–Crippen LogP) is 1.17. The number of amides is 1. The summed E-state index contributed by atoms with van der Waals surface area (Å²) in [4.78, 5) is 12.1. The highest BCUT2D eigenvalue weighted by atomic mass is 35.5. The lowest BCUT2D eigenvalue weighted by Gasteiger charge is -2.11. The number of nitrogens with one attached hydrogen (secondary N) is 2. The van der Waals surface area contributed by atoms with Crippen molar-refractivity contribution in [2.24, 2.45) is 0 Å². The number of hydrogen-bond donors (Lipinski definition) is 2. The first-order valence-corrected chi connectivity index (χ1v) is 5.89. The van der Waals surface area contributed by atoms with Gasteiger partial charge in [-0.3, -0.25) is 4.79 Å². The van der Waals surface area contributed by atoms with E-state index in [1.807, 2.05) is 6.92 Å². The molecule has 0 bridgehead atoms. The standard InChI is InChI=1S/C10H13ClN6O/c1-3-17-5-7(11)4-8(17)10(18)12-6(2)9-13-15-16-14-9/h4-6H,3H2,1-2H3,(H,12,18)(H,13,14,15,16). The van der Waals surface area contributed by atoms with E-state index in [2.05, 4.69) is 25.9 Å². The molecule has 2 N–H and O–H groups in total. The van der Waals surface area contributed by atoms with Crippen molar-refractivity contribution >= 4 is 17.5 Å². The molecular formula is C10H13ClN6O. The van der Waals surface area contributed by atoms with Crippen molar-refractivity contribution in [3.05, 3.63) is 28.8 Å². The first kappa shape index (κ1) is 12.6. The zero-order chi connectivity index (χ0) is 13.1. The first-order chi connectivity index (χ1) is 8.61. The quantitative estimate of drug-likeness (QED) is 0.871. The predicted molar refractivity (Wildman–Crippen MR) is 65.2 cm³/mol. The molecule has 0 aliphatic heterocycles. The number of aromatic amines is 1. The summed E-state index contributed by atoms with van der Waals surface area (Å²) in [6, 6.07) is 1.30. The van der Waals surface area contributed by atoms with Gasteiger partial charge in [0.05, 0.1) is 11.1 Å². The lowest BCUT2D eigenvalue weighted by molar-refractivity contribution is 0.0929. The fourth-order valence-corrected chi connectivity index (χ4v) is 1.84. The number of nitrogens with zero attached hydrogens (tertiary/aromatic N) is 4. The Morgan fingerprint density at radius 3 is 3.06 bits per heavy atom. The van der Waals surface area contributed by atoms with Crippen LogP contribution in [0.15, 0.2) is 12.3 Å². The maximum absolute atomic E-state index is 12.1. The Bertz CT molecular complexity index is 535. The van der Waals surface area contributed by atoms with Crippen LogP contribution in [0.3, 0.4) is 0 Å². The molecule has 2 rings (SSSR count). The molecule has 96 valence electrons. The van der Waals surface area contributed by atoms with E-state index in [0.717, 1.165) is 0 Å². The third-order valence-corrected chi connectivity index (χ3v) is 2.74. The van der Waals surface area contributed by atoms with E-state index in [-0.39, 0.29) is 11.9 Å². The van der Waals surface area contributed by atoms with E-state index in [0.29, 0.717) is 23.1 Å². The number of hydrogen-bond acceptors (Lipinski definition) is 4. The monoisotopic (exact) mass is 268 g/mol. The van der Waals surface area contributed by atoms with E-state index in [1.54, 1.807) is 23.8 Å². The van der Waals surface area contributed by atoms with E-state index in [9.17, 15) is 4.79 Å². The molecule has 2 aromatic rings. The Kier molecular flexibility index (Phi) is 3.61. The van der Waals surface area contributed by atoms with Crippen LogP contribution in [0, 0.1) is 0 Å². The molecule has 18 heavy (non-hydrogen) atoms. The van der Waals surface area contributed by atoms with Crippen LogP contribution in [-0.2, 0) is 6.54 Å². The van der Waals surface area contributed by atoms with Crippen molar-refractivity contribution in [3.63, 3.8) is 0 Å². The highest BCUT2D eigenvalue weighted by Gasteiger charge is 2.17. The molecule has 8 heteroatoms. The molecule has 1 atom stereocenters. The molecule has 0 spiro atoms. The molecule has 0 radical (unpaired) electrons. The van der Waals surface area contributed by atoms with Gasteiger partial charge < -0.3 is 9.88 Å². The van der Waals surface area contributed by atoms with Crippen molar-refractivity contribution in [1.29, 1.82) is 0 Å². The molecule has 0 aliphatic rings. The van der Waals surface area contributed by atoms with Gasteiger partial charge in [0.25, 0.3) is 5.91 Å². The smallest absolute Gasteiger partial charge is 0.268 e. The van der Waals surface area contributed by atoms with Crippen molar-refractivity contribution in [2.75, 3.05) is 0 Å². The third-order valence-electron chi connectivity index (χ3n) is 2.53. The summed E-state index contributed by atoms with van der Waals surface area (Å²) in [5.41, 5.74) is 0.512. The van der Waals surface area contributed by atoms with Gasteiger partial charge in [-0.25, -0.2) is 0 Å². The summed E-state index contributed by atoms with van der Waals surface area (Å²) < 4.78 is 1.78. The fraction of sp³-hybridized carbons (Fsp3) is 0.400. The normalized spacial score (nSPS) is 12.4. The Morgan fingerprint density at radius 1 is 1.67 bits per heavy atom. The second kappa shape index (κ2) is 5.18. The second-order valence-electron chi connectivity index (χ2n) is 3.79. The minimum Gasteiger partial charge on any atom is -0.342 e. The van der Waals surface area contributed by atoms with Gasteiger partial charge >= 0.3 is 0 Å². The average molecular weight is 269 g/mol.